The molecule has 0 bridgehead atoms. The number of sulfonamides is 1. The van der Waals surface area contributed by atoms with Gasteiger partial charge in [0.15, 0.2) is 11.5 Å². The zero-order chi connectivity index (χ0) is 22.5. The zero-order valence-corrected chi connectivity index (χ0v) is 19.1. The van der Waals surface area contributed by atoms with E-state index in [0.717, 1.165) is 5.56 Å². The lowest BCUT2D eigenvalue weighted by Gasteiger charge is -2.26. The standard InChI is InChI=1S/C22H30N2O5S/c1-15(2)13-19(23-30(26,27)18-10-7-16(3)8-11-18)22(25)24(4)17-9-12-20(28-5)21(14-17)29-6/h7-12,14-15,19,23H,13H2,1-6H3. The van der Waals surface area contributed by atoms with E-state index in [0.29, 0.717) is 23.6 Å². The topological polar surface area (TPSA) is 84.9 Å². The highest BCUT2D eigenvalue weighted by Gasteiger charge is 2.29. The molecule has 0 radical (unpaired) electrons. The van der Waals surface area contributed by atoms with Gasteiger partial charge in [-0.1, -0.05) is 31.5 Å². The largest absolute Gasteiger partial charge is 0.493 e. The van der Waals surface area contributed by atoms with Crippen LogP contribution < -0.4 is 19.1 Å². The second-order valence-corrected chi connectivity index (χ2v) is 9.27. The van der Waals surface area contributed by atoms with Gasteiger partial charge in [0.25, 0.3) is 0 Å². The lowest BCUT2D eigenvalue weighted by atomic mass is 10.0. The number of hydrogen-bond donors (Lipinski definition) is 1. The highest BCUT2D eigenvalue weighted by molar-refractivity contribution is 7.89. The molecular weight excluding hydrogens is 404 g/mol. The first-order chi connectivity index (χ1) is 14.1. The maximum atomic E-state index is 13.2. The summed E-state index contributed by atoms with van der Waals surface area (Å²) in [6.45, 7) is 5.76. The summed E-state index contributed by atoms with van der Waals surface area (Å²) in [6.07, 6.45) is 0.363. The first-order valence-corrected chi connectivity index (χ1v) is 11.2. The van der Waals surface area contributed by atoms with Crippen molar-refractivity contribution in [2.24, 2.45) is 5.92 Å². The van der Waals surface area contributed by atoms with Crippen LogP contribution in [-0.4, -0.2) is 41.6 Å². The van der Waals surface area contributed by atoms with Gasteiger partial charge < -0.3 is 14.4 Å². The first kappa shape index (κ1) is 23.7. The SMILES string of the molecule is COc1ccc(N(C)C(=O)C(CC(C)C)NS(=O)(=O)c2ccc(C)cc2)cc1OC. The highest BCUT2D eigenvalue weighted by atomic mass is 32.2. The summed E-state index contributed by atoms with van der Waals surface area (Å²) in [7, 11) is 0.807. The summed E-state index contributed by atoms with van der Waals surface area (Å²) in [6, 6.07) is 10.7. The van der Waals surface area contributed by atoms with Crippen molar-refractivity contribution in [3.05, 3.63) is 48.0 Å². The van der Waals surface area contributed by atoms with Crippen LogP contribution in [0, 0.1) is 12.8 Å². The number of anilines is 1. The molecule has 0 heterocycles. The molecule has 1 amide bonds. The average molecular weight is 435 g/mol. The van der Waals surface area contributed by atoms with Gasteiger partial charge in [0.2, 0.25) is 15.9 Å². The number of nitrogens with zero attached hydrogens (tertiary/aromatic N) is 1. The van der Waals surface area contributed by atoms with Crippen molar-refractivity contribution in [2.45, 2.75) is 38.1 Å². The van der Waals surface area contributed by atoms with E-state index in [1.165, 1.54) is 31.3 Å². The number of likely N-dealkylation sites (N-methyl/N-ethyl adjacent to an activating group) is 1. The molecule has 0 aliphatic rings. The molecule has 1 unspecified atom stereocenters. The number of carbonyl (C=O) groups is 1. The van der Waals surface area contributed by atoms with Crippen molar-refractivity contribution >= 4 is 21.6 Å². The van der Waals surface area contributed by atoms with Gasteiger partial charge in [0, 0.05) is 18.8 Å². The van der Waals surface area contributed by atoms with Crippen molar-refractivity contribution in [3.63, 3.8) is 0 Å². The summed E-state index contributed by atoms with van der Waals surface area (Å²) < 4.78 is 38.9. The van der Waals surface area contributed by atoms with Crippen LogP contribution in [0.25, 0.3) is 0 Å². The van der Waals surface area contributed by atoms with Crippen LogP contribution in [0.2, 0.25) is 0 Å². The van der Waals surface area contributed by atoms with Gasteiger partial charge in [-0.3, -0.25) is 4.79 Å². The normalized spacial score (nSPS) is 12.5. The third kappa shape index (κ3) is 5.73. The predicted octanol–water partition coefficient (Wildman–Crippen LogP) is 3.37. The van der Waals surface area contributed by atoms with E-state index in [-0.39, 0.29) is 16.7 Å². The number of methoxy groups -OCH3 is 2. The van der Waals surface area contributed by atoms with Crippen LogP contribution in [0.4, 0.5) is 5.69 Å². The maximum Gasteiger partial charge on any atom is 0.244 e. The fourth-order valence-corrected chi connectivity index (χ4v) is 4.24. The molecule has 7 nitrogen and oxygen atoms in total. The van der Waals surface area contributed by atoms with Crippen molar-refractivity contribution < 1.29 is 22.7 Å². The molecule has 0 aliphatic heterocycles. The monoisotopic (exact) mass is 434 g/mol. The number of benzene rings is 2. The van der Waals surface area contributed by atoms with Crippen molar-refractivity contribution in [3.8, 4) is 11.5 Å². The lowest BCUT2D eigenvalue weighted by Crippen LogP contribution is -2.48. The Labute approximate surface area is 179 Å². The molecule has 0 spiro atoms. The summed E-state index contributed by atoms with van der Waals surface area (Å²) in [5, 5.41) is 0. The Hall–Kier alpha value is -2.58. The molecule has 1 atom stereocenters. The lowest BCUT2D eigenvalue weighted by molar-refractivity contribution is -0.120. The Kier molecular flexibility index (Phi) is 7.86. The molecule has 0 aliphatic carbocycles. The smallest absolute Gasteiger partial charge is 0.244 e. The number of ether oxygens (including phenoxy) is 2. The minimum atomic E-state index is -3.85. The van der Waals surface area contributed by atoms with Crippen LogP contribution in [0.5, 0.6) is 11.5 Å². The van der Waals surface area contributed by atoms with E-state index in [1.807, 2.05) is 20.8 Å². The highest BCUT2D eigenvalue weighted by Crippen LogP contribution is 2.31. The van der Waals surface area contributed by atoms with Crippen LogP contribution in [0.15, 0.2) is 47.4 Å². The molecule has 2 aromatic rings. The first-order valence-electron chi connectivity index (χ1n) is 9.67. The number of aryl methyl sites for hydroxylation is 1. The Morgan fingerprint density at radius 1 is 1.03 bits per heavy atom. The minimum absolute atomic E-state index is 0.110. The molecule has 164 valence electrons. The summed E-state index contributed by atoms with van der Waals surface area (Å²) in [4.78, 5) is 14.8. The third-order valence-electron chi connectivity index (χ3n) is 4.72. The summed E-state index contributed by atoms with van der Waals surface area (Å²) in [5.41, 5.74) is 1.53. The van der Waals surface area contributed by atoms with Crippen molar-refractivity contribution in [1.29, 1.82) is 0 Å². The Morgan fingerprint density at radius 2 is 1.63 bits per heavy atom. The van der Waals surface area contributed by atoms with Crippen molar-refractivity contribution in [1.82, 2.24) is 4.72 Å². The molecular formula is C22H30N2O5S. The summed E-state index contributed by atoms with van der Waals surface area (Å²) in [5.74, 6) is 0.779. The number of rotatable bonds is 9. The van der Waals surface area contributed by atoms with Crippen LogP contribution in [-0.2, 0) is 14.8 Å². The Balaban J connectivity index is 2.31. The second-order valence-electron chi connectivity index (χ2n) is 7.55. The summed E-state index contributed by atoms with van der Waals surface area (Å²) >= 11 is 0. The van der Waals surface area contributed by atoms with Crippen LogP contribution in [0.3, 0.4) is 0 Å². The van der Waals surface area contributed by atoms with Gasteiger partial charge >= 0.3 is 0 Å². The van der Waals surface area contributed by atoms with Gasteiger partial charge in [-0.05, 0) is 43.5 Å². The van der Waals surface area contributed by atoms with Gasteiger partial charge in [-0.15, -0.1) is 0 Å². The molecule has 2 aromatic carbocycles. The predicted molar refractivity (Wildman–Crippen MR) is 118 cm³/mol. The van der Waals surface area contributed by atoms with E-state index in [2.05, 4.69) is 4.72 Å². The fourth-order valence-electron chi connectivity index (χ4n) is 3.04. The Morgan fingerprint density at radius 3 is 2.17 bits per heavy atom. The molecule has 0 fully saturated rings. The van der Waals surface area contributed by atoms with Crippen molar-refractivity contribution in [2.75, 3.05) is 26.2 Å². The quantitative estimate of drug-likeness (QED) is 0.654. The molecule has 0 saturated carbocycles. The fraction of sp³-hybridized carbons (Fsp3) is 0.409. The molecule has 0 aromatic heterocycles. The van der Waals surface area contributed by atoms with E-state index >= 15 is 0 Å². The second kappa shape index (κ2) is 9.95. The Bertz CT molecular complexity index is 972. The number of carbonyl (C=O) groups excluding carboxylic acids is 1. The number of hydrogen-bond acceptors (Lipinski definition) is 5. The number of amides is 1. The maximum absolute atomic E-state index is 13.2. The van der Waals surface area contributed by atoms with E-state index < -0.39 is 16.1 Å². The molecule has 8 heteroatoms. The van der Waals surface area contributed by atoms with Gasteiger partial charge in [0.1, 0.15) is 6.04 Å². The van der Waals surface area contributed by atoms with Gasteiger partial charge in [-0.2, -0.15) is 4.72 Å². The third-order valence-corrected chi connectivity index (χ3v) is 6.21. The molecule has 0 saturated heterocycles. The van der Waals surface area contributed by atoms with Gasteiger partial charge in [-0.25, -0.2) is 8.42 Å². The molecule has 30 heavy (non-hydrogen) atoms. The van der Waals surface area contributed by atoms with Gasteiger partial charge in [0.05, 0.1) is 19.1 Å². The number of nitrogens with one attached hydrogen (secondary N) is 1. The average Bonchev–Trinajstić information content (AvgIpc) is 2.71. The zero-order valence-electron chi connectivity index (χ0n) is 18.3. The van der Waals surface area contributed by atoms with Crippen LogP contribution in [0.1, 0.15) is 25.8 Å². The van der Waals surface area contributed by atoms with E-state index in [4.69, 9.17) is 9.47 Å². The molecule has 2 rings (SSSR count). The van der Waals surface area contributed by atoms with Crippen LogP contribution >= 0.6 is 0 Å². The molecule has 1 N–H and O–H groups in total. The van der Waals surface area contributed by atoms with E-state index in [1.54, 1.807) is 37.4 Å². The minimum Gasteiger partial charge on any atom is -0.493 e. The van der Waals surface area contributed by atoms with E-state index in [9.17, 15) is 13.2 Å².